The SMILES string of the molecule is COc1ccc(/C=C/C2=CCN(C)CC2)cc1Cn1nc(C)cc1C. The highest BCUT2D eigenvalue weighted by molar-refractivity contribution is 5.56. The Morgan fingerprint density at radius 1 is 1.20 bits per heavy atom. The second-order valence-corrected chi connectivity index (χ2v) is 6.78. The molecule has 0 spiro atoms. The maximum atomic E-state index is 5.54. The van der Waals surface area contributed by atoms with Crippen LogP contribution < -0.4 is 4.74 Å². The fraction of sp³-hybridized carbons (Fsp3) is 0.381. The Hall–Kier alpha value is -2.33. The minimum Gasteiger partial charge on any atom is -0.496 e. The van der Waals surface area contributed by atoms with E-state index in [-0.39, 0.29) is 0 Å². The summed E-state index contributed by atoms with van der Waals surface area (Å²) in [5.74, 6) is 0.906. The van der Waals surface area contributed by atoms with Crippen LogP contribution >= 0.6 is 0 Å². The van der Waals surface area contributed by atoms with Gasteiger partial charge in [-0.05, 0) is 56.7 Å². The smallest absolute Gasteiger partial charge is 0.123 e. The van der Waals surface area contributed by atoms with E-state index in [2.05, 4.69) is 60.4 Å². The highest BCUT2D eigenvalue weighted by atomic mass is 16.5. The molecule has 0 radical (unpaired) electrons. The topological polar surface area (TPSA) is 30.3 Å². The van der Waals surface area contributed by atoms with Crippen LogP contribution in [-0.4, -0.2) is 41.9 Å². The Labute approximate surface area is 150 Å². The van der Waals surface area contributed by atoms with E-state index in [1.54, 1.807) is 7.11 Å². The monoisotopic (exact) mass is 337 g/mol. The lowest BCUT2D eigenvalue weighted by Gasteiger charge is -2.20. The van der Waals surface area contributed by atoms with Gasteiger partial charge in [0.25, 0.3) is 0 Å². The lowest BCUT2D eigenvalue weighted by molar-refractivity contribution is 0.361. The van der Waals surface area contributed by atoms with E-state index in [0.29, 0.717) is 0 Å². The van der Waals surface area contributed by atoms with Crippen LogP contribution in [0.15, 0.2) is 42.0 Å². The Balaban J connectivity index is 1.81. The quantitative estimate of drug-likeness (QED) is 0.830. The van der Waals surface area contributed by atoms with Crippen LogP contribution in [0.5, 0.6) is 5.75 Å². The summed E-state index contributed by atoms with van der Waals surface area (Å²) in [7, 11) is 3.88. The van der Waals surface area contributed by atoms with Crippen LogP contribution in [0.3, 0.4) is 0 Å². The average Bonchev–Trinajstić information content (AvgIpc) is 2.92. The van der Waals surface area contributed by atoms with E-state index in [9.17, 15) is 0 Å². The molecule has 2 heterocycles. The molecule has 1 aliphatic rings. The molecule has 0 saturated heterocycles. The maximum absolute atomic E-state index is 5.54. The number of likely N-dealkylation sites (N-methyl/N-ethyl adjacent to an activating group) is 1. The standard InChI is InChI=1S/C21H27N3O/c1-16-13-17(2)24(22-16)15-20-14-19(7-8-21(20)25-4)6-5-18-9-11-23(3)12-10-18/h5-9,13-14H,10-12,15H2,1-4H3/b6-5+. The first-order chi connectivity index (χ1) is 12.0. The molecule has 2 aromatic rings. The summed E-state index contributed by atoms with van der Waals surface area (Å²) < 4.78 is 7.57. The predicted molar refractivity (Wildman–Crippen MR) is 103 cm³/mol. The van der Waals surface area contributed by atoms with Gasteiger partial charge < -0.3 is 9.64 Å². The average molecular weight is 337 g/mol. The van der Waals surface area contributed by atoms with Crippen molar-refractivity contribution in [3.8, 4) is 5.75 Å². The molecule has 0 amide bonds. The number of hydrogen-bond acceptors (Lipinski definition) is 3. The van der Waals surface area contributed by atoms with E-state index < -0.39 is 0 Å². The molecular formula is C21H27N3O. The first-order valence-electron chi connectivity index (χ1n) is 8.79. The number of nitrogens with zero attached hydrogens (tertiary/aromatic N) is 3. The van der Waals surface area contributed by atoms with Crippen LogP contribution in [0.1, 0.15) is 28.9 Å². The molecular weight excluding hydrogens is 310 g/mol. The molecule has 0 unspecified atom stereocenters. The third-order valence-corrected chi connectivity index (χ3v) is 4.67. The number of hydrogen-bond donors (Lipinski definition) is 0. The van der Waals surface area contributed by atoms with Gasteiger partial charge in [-0.25, -0.2) is 0 Å². The Morgan fingerprint density at radius 3 is 2.68 bits per heavy atom. The highest BCUT2D eigenvalue weighted by Crippen LogP contribution is 2.23. The molecule has 1 aliphatic heterocycles. The maximum Gasteiger partial charge on any atom is 0.123 e. The molecule has 0 bridgehead atoms. The van der Waals surface area contributed by atoms with Crippen molar-refractivity contribution in [2.75, 3.05) is 27.2 Å². The summed E-state index contributed by atoms with van der Waals surface area (Å²) in [5.41, 5.74) is 5.96. The summed E-state index contributed by atoms with van der Waals surface area (Å²) in [4.78, 5) is 2.33. The van der Waals surface area contributed by atoms with Crippen molar-refractivity contribution >= 4 is 6.08 Å². The fourth-order valence-electron chi connectivity index (χ4n) is 3.16. The molecule has 25 heavy (non-hydrogen) atoms. The van der Waals surface area contributed by atoms with Gasteiger partial charge in [0, 0.05) is 24.3 Å². The van der Waals surface area contributed by atoms with Crippen LogP contribution in [0.2, 0.25) is 0 Å². The Morgan fingerprint density at radius 2 is 2.04 bits per heavy atom. The predicted octanol–water partition coefficient (Wildman–Crippen LogP) is 3.83. The van der Waals surface area contributed by atoms with E-state index in [0.717, 1.165) is 48.8 Å². The minimum atomic E-state index is 0.720. The van der Waals surface area contributed by atoms with Crippen LogP contribution in [0.25, 0.3) is 6.08 Å². The number of aryl methyl sites for hydroxylation is 2. The first-order valence-corrected chi connectivity index (χ1v) is 8.79. The largest absolute Gasteiger partial charge is 0.496 e. The number of aromatic nitrogens is 2. The molecule has 0 N–H and O–H groups in total. The molecule has 1 aromatic carbocycles. The summed E-state index contributed by atoms with van der Waals surface area (Å²) >= 11 is 0. The molecule has 4 nitrogen and oxygen atoms in total. The lowest BCUT2D eigenvalue weighted by atomic mass is 10.0. The van der Waals surface area contributed by atoms with Crippen molar-refractivity contribution in [3.63, 3.8) is 0 Å². The van der Waals surface area contributed by atoms with E-state index >= 15 is 0 Å². The van der Waals surface area contributed by atoms with Gasteiger partial charge in [-0.1, -0.05) is 24.3 Å². The van der Waals surface area contributed by atoms with Gasteiger partial charge in [0.1, 0.15) is 5.75 Å². The van der Waals surface area contributed by atoms with E-state index in [1.807, 2.05) is 17.7 Å². The van der Waals surface area contributed by atoms with Crippen LogP contribution in [-0.2, 0) is 6.54 Å². The molecule has 3 rings (SSSR count). The molecule has 0 atom stereocenters. The molecule has 0 fully saturated rings. The van der Waals surface area contributed by atoms with Gasteiger partial charge in [-0.3, -0.25) is 4.68 Å². The Kier molecular flexibility index (Phi) is 5.39. The summed E-state index contributed by atoms with van der Waals surface area (Å²) in [6.07, 6.45) is 7.85. The van der Waals surface area contributed by atoms with Crippen molar-refractivity contribution in [3.05, 3.63) is 64.5 Å². The zero-order valence-corrected chi connectivity index (χ0v) is 15.6. The van der Waals surface area contributed by atoms with E-state index in [1.165, 1.54) is 11.1 Å². The second-order valence-electron chi connectivity index (χ2n) is 6.78. The third-order valence-electron chi connectivity index (χ3n) is 4.67. The number of allylic oxidation sites excluding steroid dienone is 1. The summed E-state index contributed by atoms with van der Waals surface area (Å²) in [5, 5.41) is 4.57. The number of rotatable bonds is 5. The third kappa shape index (κ3) is 4.40. The fourth-order valence-corrected chi connectivity index (χ4v) is 3.16. The summed E-state index contributed by atoms with van der Waals surface area (Å²) in [6.45, 7) is 6.99. The number of ether oxygens (including phenoxy) is 1. The van der Waals surface area contributed by atoms with Gasteiger partial charge >= 0.3 is 0 Å². The van der Waals surface area contributed by atoms with Crippen molar-refractivity contribution in [2.45, 2.75) is 26.8 Å². The van der Waals surface area contributed by atoms with Crippen LogP contribution in [0.4, 0.5) is 0 Å². The van der Waals surface area contributed by atoms with Crippen molar-refractivity contribution < 1.29 is 4.74 Å². The lowest BCUT2D eigenvalue weighted by Crippen LogP contribution is -2.23. The second kappa shape index (κ2) is 7.70. The van der Waals surface area contributed by atoms with Gasteiger partial charge in [-0.2, -0.15) is 5.10 Å². The van der Waals surface area contributed by atoms with E-state index in [4.69, 9.17) is 4.74 Å². The normalized spacial score (nSPS) is 15.6. The Bertz CT molecular complexity index is 801. The summed E-state index contributed by atoms with van der Waals surface area (Å²) in [6, 6.07) is 8.45. The number of benzene rings is 1. The molecule has 4 heteroatoms. The molecule has 0 aliphatic carbocycles. The highest BCUT2D eigenvalue weighted by Gasteiger charge is 2.08. The van der Waals surface area contributed by atoms with Gasteiger partial charge in [0.15, 0.2) is 0 Å². The zero-order chi connectivity index (χ0) is 17.8. The van der Waals surface area contributed by atoms with Gasteiger partial charge in [0.2, 0.25) is 0 Å². The zero-order valence-electron chi connectivity index (χ0n) is 15.6. The molecule has 132 valence electrons. The van der Waals surface area contributed by atoms with Gasteiger partial charge in [-0.15, -0.1) is 0 Å². The minimum absolute atomic E-state index is 0.720. The van der Waals surface area contributed by atoms with Gasteiger partial charge in [0.05, 0.1) is 19.3 Å². The van der Waals surface area contributed by atoms with Crippen LogP contribution in [0, 0.1) is 13.8 Å². The molecule has 0 saturated carbocycles. The number of methoxy groups -OCH3 is 1. The van der Waals surface area contributed by atoms with Crippen molar-refractivity contribution in [1.82, 2.24) is 14.7 Å². The molecule has 1 aromatic heterocycles. The first kappa shape index (κ1) is 17.5. The van der Waals surface area contributed by atoms with Crippen molar-refractivity contribution in [2.24, 2.45) is 0 Å². The van der Waals surface area contributed by atoms with Crippen molar-refractivity contribution in [1.29, 1.82) is 0 Å².